The smallest absolute Gasteiger partial charge is 0.372 e. The third-order valence-corrected chi connectivity index (χ3v) is 5.33. The summed E-state index contributed by atoms with van der Waals surface area (Å²) in [5, 5.41) is 0. The lowest BCUT2D eigenvalue weighted by Crippen LogP contribution is -2.36. The van der Waals surface area contributed by atoms with Crippen molar-refractivity contribution >= 4 is 0 Å². The van der Waals surface area contributed by atoms with E-state index in [1.54, 1.807) is 0 Å². The van der Waals surface area contributed by atoms with Gasteiger partial charge in [-0.1, -0.05) is 0 Å². The molecule has 0 bridgehead atoms. The van der Waals surface area contributed by atoms with Crippen molar-refractivity contribution in [3.8, 4) is 0 Å². The molecule has 2 aliphatic rings. The van der Waals surface area contributed by atoms with Gasteiger partial charge in [0, 0.05) is 31.9 Å². The average Bonchev–Trinajstić information content (AvgIpc) is 3.06. The Kier molecular flexibility index (Phi) is 5.24. The standard InChI is InChI=1S/C18H22F3N5O2/c19-18(20,21)15-7-17(27)26(12-22-15)8-13-1-3-24(4-2-13)9-14-10-25-5-6-28-11-16(25)23-14/h7,10,12-13H,1-6,8-9,11H2. The molecule has 7 nitrogen and oxygen atoms in total. The van der Waals surface area contributed by atoms with E-state index in [9.17, 15) is 18.0 Å². The topological polar surface area (TPSA) is 65.2 Å². The van der Waals surface area contributed by atoms with Crippen LogP contribution >= 0.6 is 0 Å². The van der Waals surface area contributed by atoms with Crippen molar-refractivity contribution in [3.05, 3.63) is 46.2 Å². The summed E-state index contributed by atoms with van der Waals surface area (Å²) < 4.78 is 46.7. The molecule has 0 aliphatic carbocycles. The first-order valence-electron chi connectivity index (χ1n) is 9.37. The Morgan fingerprint density at radius 3 is 2.68 bits per heavy atom. The fourth-order valence-electron chi connectivity index (χ4n) is 3.78. The van der Waals surface area contributed by atoms with Crippen LogP contribution in [0.4, 0.5) is 13.2 Å². The Morgan fingerprint density at radius 2 is 2.00 bits per heavy atom. The molecule has 0 spiro atoms. The van der Waals surface area contributed by atoms with E-state index in [1.807, 2.05) is 0 Å². The number of imidazole rings is 1. The zero-order valence-corrected chi connectivity index (χ0v) is 15.4. The highest BCUT2D eigenvalue weighted by Gasteiger charge is 2.33. The number of fused-ring (bicyclic) bond motifs is 1. The number of piperidine rings is 1. The zero-order valence-electron chi connectivity index (χ0n) is 15.4. The molecule has 0 N–H and O–H groups in total. The summed E-state index contributed by atoms with van der Waals surface area (Å²) in [4.78, 5) is 22.3. The van der Waals surface area contributed by atoms with E-state index in [4.69, 9.17) is 4.74 Å². The highest BCUT2D eigenvalue weighted by molar-refractivity contribution is 5.05. The van der Waals surface area contributed by atoms with Gasteiger partial charge in [-0.15, -0.1) is 0 Å². The lowest BCUT2D eigenvalue weighted by molar-refractivity contribution is -0.141. The average molecular weight is 397 g/mol. The fraction of sp³-hybridized carbons (Fsp3) is 0.611. The van der Waals surface area contributed by atoms with Crippen molar-refractivity contribution in [2.45, 2.75) is 45.3 Å². The molecule has 0 atom stereocenters. The van der Waals surface area contributed by atoms with Crippen LogP contribution in [0.25, 0.3) is 0 Å². The van der Waals surface area contributed by atoms with Crippen LogP contribution in [0.1, 0.15) is 30.1 Å². The van der Waals surface area contributed by atoms with Gasteiger partial charge in [0.15, 0.2) is 5.69 Å². The van der Waals surface area contributed by atoms with E-state index < -0.39 is 17.4 Å². The predicted molar refractivity (Wildman–Crippen MR) is 93.4 cm³/mol. The zero-order chi connectivity index (χ0) is 19.7. The molecule has 0 amide bonds. The molecule has 1 fully saturated rings. The van der Waals surface area contributed by atoms with E-state index in [1.165, 1.54) is 4.57 Å². The van der Waals surface area contributed by atoms with Crippen LogP contribution in [0, 0.1) is 5.92 Å². The summed E-state index contributed by atoms with van der Waals surface area (Å²) in [6, 6.07) is 0.569. The van der Waals surface area contributed by atoms with Crippen molar-refractivity contribution < 1.29 is 17.9 Å². The van der Waals surface area contributed by atoms with Gasteiger partial charge < -0.3 is 9.30 Å². The van der Waals surface area contributed by atoms with Crippen LogP contribution in [-0.4, -0.2) is 43.7 Å². The van der Waals surface area contributed by atoms with E-state index in [-0.39, 0.29) is 5.92 Å². The highest BCUT2D eigenvalue weighted by atomic mass is 19.4. The second-order valence-corrected chi connectivity index (χ2v) is 7.38. The second-order valence-electron chi connectivity index (χ2n) is 7.38. The quantitative estimate of drug-likeness (QED) is 0.789. The van der Waals surface area contributed by atoms with Crippen LogP contribution in [0.15, 0.2) is 23.4 Å². The largest absolute Gasteiger partial charge is 0.433 e. The minimum Gasteiger partial charge on any atom is -0.372 e. The summed E-state index contributed by atoms with van der Waals surface area (Å²) in [6.07, 6.45) is 0.253. The monoisotopic (exact) mass is 397 g/mol. The molecule has 4 heterocycles. The van der Waals surface area contributed by atoms with Crippen LogP contribution in [0.3, 0.4) is 0 Å². The first-order chi connectivity index (χ1) is 13.4. The van der Waals surface area contributed by atoms with Gasteiger partial charge in [-0.3, -0.25) is 14.3 Å². The van der Waals surface area contributed by atoms with Gasteiger partial charge in [-0.25, -0.2) is 9.97 Å². The summed E-state index contributed by atoms with van der Waals surface area (Å²) >= 11 is 0. The third kappa shape index (κ3) is 4.27. The molecule has 2 aromatic rings. The number of likely N-dealkylation sites (tertiary alicyclic amines) is 1. The second kappa shape index (κ2) is 7.67. The molecule has 152 valence electrons. The molecule has 2 aromatic heterocycles. The molecule has 1 saturated heterocycles. The Morgan fingerprint density at radius 1 is 1.21 bits per heavy atom. The van der Waals surface area contributed by atoms with Gasteiger partial charge in [0.2, 0.25) is 0 Å². The number of nitrogens with zero attached hydrogens (tertiary/aromatic N) is 5. The van der Waals surface area contributed by atoms with Gasteiger partial charge in [-0.05, 0) is 31.8 Å². The van der Waals surface area contributed by atoms with Crippen molar-refractivity contribution in [1.82, 2.24) is 24.0 Å². The van der Waals surface area contributed by atoms with E-state index in [0.717, 1.165) is 56.9 Å². The normalized spacial score (nSPS) is 19.0. The number of ether oxygens (including phenoxy) is 1. The number of rotatable bonds is 4. The van der Waals surface area contributed by atoms with Crippen LogP contribution in [0.5, 0.6) is 0 Å². The Labute approximate surface area is 159 Å². The lowest BCUT2D eigenvalue weighted by Gasteiger charge is -2.31. The number of halogens is 3. The first-order valence-corrected chi connectivity index (χ1v) is 9.37. The number of alkyl halides is 3. The van der Waals surface area contributed by atoms with Gasteiger partial charge in [0.25, 0.3) is 5.56 Å². The number of hydrogen-bond donors (Lipinski definition) is 0. The maximum absolute atomic E-state index is 12.6. The maximum Gasteiger partial charge on any atom is 0.433 e. The van der Waals surface area contributed by atoms with E-state index in [0.29, 0.717) is 25.8 Å². The van der Waals surface area contributed by atoms with Gasteiger partial charge in [-0.2, -0.15) is 13.2 Å². The SMILES string of the molecule is O=c1cc(C(F)(F)F)ncn1CC1CCN(Cc2cn3c(n2)COCC3)CC1. The Hall–Kier alpha value is -2.20. The summed E-state index contributed by atoms with van der Waals surface area (Å²) in [6.45, 7) is 5.01. The minimum atomic E-state index is -4.60. The van der Waals surface area contributed by atoms with E-state index >= 15 is 0 Å². The predicted octanol–water partition coefficient (Wildman–Crippen LogP) is 1.90. The summed E-state index contributed by atoms with van der Waals surface area (Å²) in [5.74, 6) is 1.21. The van der Waals surface area contributed by atoms with Gasteiger partial charge >= 0.3 is 6.18 Å². The fourth-order valence-corrected chi connectivity index (χ4v) is 3.78. The first kappa shape index (κ1) is 19.1. The Balaban J connectivity index is 1.31. The molecule has 0 radical (unpaired) electrons. The maximum atomic E-state index is 12.6. The molecule has 10 heteroatoms. The number of aromatic nitrogens is 4. The summed E-state index contributed by atoms with van der Waals surface area (Å²) in [5.41, 5.74) is -0.769. The van der Waals surface area contributed by atoms with Crippen molar-refractivity contribution in [3.63, 3.8) is 0 Å². The van der Waals surface area contributed by atoms with Gasteiger partial charge in [0.05, 0.1) is 18.6 Å². The molecule has 0 aromatic carbocycles. The van der Waals surface area contributed by atoms with Gasteiger partial charge in [0.1, 0.15) is 12.4 Å². The molecular formula is C18H22F3N5O2. The van der Waals surface area contributed by atoms with Crippen LogP contribution in [0.2, 0.25) is 0 Å². The summed E-state index contributed by atoms with van der Waals surface area (Å²) in [7, 11) is 0. The van der Waals surface area contributed by atoms with E-state index in [2.05, 4.69) is 25.6 Å². The van der Waals surface area contributed by atoms with Crippen molar-refractivity contribution in [2.24, 2.45) is 5.92 Å². The third-order valence-electron chi connectivity index (χ3n) is 5.33. The molecule has 0 unspecified atom stereocenters. The van der Waals surface area contributed by atoms with Crippen molar-refractivity contribution in [2.75, 3.05) is 19.7 Å². The number of hydrogen-bond acceptors (Lipinski definition) is 5. The molecular weight excluding hydrogens is 375 g/mol. The van der Waals surface area contributed by atoms with Crippen LogP contribution in [-0.2, 0) is 37.2 Å². The molecule has 2 aliphatic heterocycles. The lowest BCUT2D eigenvalue weighted by atomic mass is 9.96. The molecule has 0 saturated carbocycles. The van der Waals surface area contributed by atoms with Crippen molar-refractivity contribution in [1.29, 1.82) is 0 Å². The molecule has 4 rings (SSSR count). The molecule has 28 heavy (non-hydrogen) atoms. The minimum absolute atomic E-state index is 0.246. The highest BCUT2D eigenvalue weighted by Crippen LogP contribution is 2.26. The van der Waals surface area contributed by atoms with Crippen LogP contribution < -0.4 is 5.56 Å². The Bertz CT molecular complexity index is 861.